The molecule has 0 aromatic carbocycles. The van der Waals surface area contributed by atoms with E-state index >= 15 is 0 Å². The van der Waals surface area contributed by atoms with Gasteiger partial charge in [-0.2, -0.15) is 11.8 Å². The molecule has 0 bridgehead atoms. The molecule has 1 heterocycles. The molecule has 0 saturated carbocycles. The van der Waals surface area contributed by atoms with Gasteiger partial charge in [0.1, 0.15) is 11.0 Å². The highest BCUT2D eigenvalue weighted by molar-refractivity contribution is 7.97. The molecule has 0 atom stereocenters. The number of thioether (sulfide) groups is 1. The molecule has 0 radical (unpaired) electrons. The SMILES string of the molecule is CCc1c(C)nc(CSC)nc1Cl. The maximum Gasteiger partial charge on any atom is 0.140 e. The van der Waals surface area contributed by atoms with E-state index in [0.717, 1.165) is 29.3 Å². The predicted molar refractivity (Wildman–Crippen MR) is 58.4 cm³/mol. The zero-order chi connectivity index (χ0) is 9.84. The standard InChI is InChI=1S/C9H13ClN2S/c1-4-7-6(2)11-8(5-13-3)12-9(7)10/h4-5H2,1-3H3. The third-order valence-electron chi connectivity index (χ3n) is 1.84. The van der Waals surface area contributed by atoms with Gasteiger partial charge in [-0.3, -0.25) is 0 Å². The van der Waals surface area contributed by atoms with Crippen molar-refractivity contribution in [2.45, 2.75) is 26.0 Å². The summed E-state index contributed by atoms with van der Waals surface area (Å²) < 4.78 is 0. The summed E-state index contributed by atoms with van der Waals surface area (Å²) in [6.45, 7) is 4.04. The second-order valence-corrected chi connectivity index (χ2v) is 4.01. The maximum atomic E-state index is 6.01. The second kappa shape index (κ2) is 4.82. The van der Waals surface area contributed by atoms with Crippen LogP contribution in [0.5, 0.6) is 0 Å². The van der Waals surface area contributed by atoms with E-state index in [1.165, 1.54) is 0 Å². The molecule has 1 aromatic heterocycles. The molecule has 1 aromatic rings. The average Bonchev–Trinajstić information content (AvgIpc) is 2.04. The topological polar surface area (TPSA) is 25.8 Å². The molecule has 4 heteroatoms. The average molecular weight is 217 g/mol. The highest BCUT2D eigenvalue weighted by Crippen LogP contribution is 2.18. The first-order chi connectivity index (χ1) is 6.19. The Kier molecular flexibility index (Phi) is 4.00. The van der Waals surface area contributed by atoms with Crippen LogP contribution in [0.25, 0.3) is 0 Å². The Morgan fingerprint density at radius 2 is 2.08 bits per heavy atom. The zero-order valence-corrected chi connectivity index (χ0v) is 9.67. The third-order valence-corrected chi connectivity index (χ3v) is 2.70. The fraction of sp³-hybridized carbons (Fsp3) is 0.556. The Morgan fingerprint density at radius 3 is 2.54 bits per heavy atom. The lowest BCUT2D eigenvalue weighted by Gasteiger charge is -2.06. The predicted octanol–water partition coefficient (Wildman–Crippen LogP) is 2.86. The number of halogens is 1. The fourth-order valence-corrected chi connectivity index (χ4v) is 1.97. The van der Waals surface area contributed by atoms with Crippen LogP contribution in [0, 0.1) is 6.92 Å². The summed E-state index contributed by atoms with van der Waals surface area (Å²) in [7, 11) is 0. The zero-order valence-electron chi connectivity index (χ0n) is 8.09. The van der Waals surface area contributed by atoms with Crippen molar-refractivity contribution >= 4 is 23.4 Å². The van der Waals surface area contributed by atoms with Crippen molar-refractivity contribution in [3.05, 3.63) is 22.2 Å². The van der Waals surface area contributed by atoms with Crippen LogP contribution in [0.15, 0.2) is 0 Å². The first kappa shape index (κ1) is 10.8. The van der Waals surface area contributed by atoms with Gasteiger partial charge in [-0.25, -0.2) is 9.97 Å². The van der Waals surface area contributed by atoms with E-state index in [4.69, 9.17) is 11.6 Å². The minimum atomic E-state index is 0.610. The van der Waals surface area contributed by atoms with Crippen LogP contribution in [0.1, 0.15) is 24.0 Å². The number of aryl methyl sites for hydroxylation is 1. The van der Waals surface area contributed by atoms with Gasteiger partial charge in [-0.1, -0.05) is 18.5 Å². The van der Waals surface area contributed by atoms with Crippen molar-refractivity contribution in [1.82, 2.24) is 9.97 Å². The molecule has 2 nitrogen and oxygen atoms in total. The number of hydrogen-bond donors (Lipinski definition) is 0. The Labute approximate surface area is 88.1 Å². The summed E-state index contributed by atoms with van der Waals surface area (Å²) in [4.78, 5) is 8.61. The monoisotopic (exact) mass is 216 g/mol. The molecule has 0 N–H and O–H groups in total. The van der Waals surface area contributed by atoms with Gasteiger partial charge in [0.05, 0.1) is 5.75 Å². The van der Waals surface area contributed by atoms with E-state index in [1.807, 2.05) is 13.2 Å². The summed E-state index contributed by atoms with van der Waals surface area (Å²) >= 11 is 7.71. The minimum absolute atomic E-state index is 0.610. The molecule has 0 aliphatic carbocycles. The lowest BCUT2D eigenvalue weighted by molar-refractivity contribution is 0.939. The van der Waals surface area contributed by atoms with E-state index in [0.29, 0.717) is 5.15 Å². The van der Waals surface area contributed by atoms with Gasteiger partial charge in [0, 0.05) is 11.3 Å². The van der Waals surface area contributed by atoms with Crippen molar-refractivity contribution in [3.8, 4) is 0 Å². The summed E-state index contributed by atoms with van der Waals surface area (Å²) in [5.74, 6) is 1.65. The molecule has 0 amide bonds. The molecule has 1 rings (SSSR count). The normalized spacial score (nSPS) is 10.5. The second-order valence-electron chi connectivity index (χ2n) is 2.78. The van der Waals surface area contributed by atoms with Gasteiger partial charge >= 0.3 is 0 Å². The number of nitrogens with zero attached hydrogens (tertiary/aromatic N) is 2. The molecular weight excluding hydrogens is 204 g/mol. The Morgan fingerprint density at radius 1 is 1.38 bits per heavy atom. The molecule has 72 valence electrons. The van der Waals surface area contributed by atoms with Crippen LogP contribution >= 0.6 is 23.4 Å². The Hall–Kier alpha value is -0.280. The number of rotatable bonds is 3. The van der Waals surface area contributed by atoms with Gasteiger partial charge in [0.25, 0.3) is 0 Å². The van der Waals surface area contributed by atoms with E-state index in [-0.39, 0.29) is 0 Å². The van der Waals surface area contributed by atoms with Crippen LogP contribution in [-0.2, 0) is 12.2 Å². The third kappa shape index (κ3) is 2.58. The first-order valence-corrected chi connectivity index (χ1v) is 5.97. The lowest BCUT2D eigenvalue weighted by atomic mass is 10.2. The summed E-state index contributed by atoms with van der Waals surface area (Å²) in [5.41, 5.74) is 2.07. The molecule has 0 fully saturated rings. The van der Waals surface area contributed by atoms with Crippen LogP contribution in [-0.4, -0.2) is 16.2 Å². The van der Waals surface area contributed by atoms with Crippen molar-refractivity contribution in [1.29, 1.82) is 0 Å². The van der Waals surface area contributed by atoms with Crippen LogP contribution in [0.2, 0.25) is 5.15 Å². The molecule has 0 spiro atoms. The van der Waals surface area contributed by atoms with Gasteiger partial charge < -0.3 is 0 Å². The lowest BCUT2D eigenvalue weighted by Crippen LogP contribution is -2.01. The molecular formula is C9H13ClN2S. The van der Waals surface area contributed by atoms with Crippen molar-refractivity contribution in [3.63, 3.8) is 0 Å². The van der Waals surface area contributed by atoms with Gasteiger partial charge in [0.15, 0.2) is 0 Å². The van der Waals surface area contributed by atoms with E-state index in [9.17, 15) is 0 Å². The molecule has 0 aliphatic heterocycles. The maximum absolute atomic E-state index is 6.01. The van der Waals surface area contributed by atoms with Crippen LogP contribution < -0.4 is 0 Å². The van der Waals surface area contributed by atoms with Crippen molar-refractivity contribution in [2.75, 3.05) is 6.26 Å². The highest BCUT2D eigenvalue weighted by Gasteiger charge is 2.07. The van der Waals surface area contributed by atoms with Gasteiger partial charge in [0.2, 0.25) is 0 Å². The van der Waals surface area contributed by atoms with Gasteiger partial charge in [-0.15, -0.1) is 0 Å². The van der Waals surface area contributed by atoms with Crippen LogP contribution in [0.3, 0.4) is 0 Å². The summed E-state index contributed by atoms with van der Waals surface area (Å²) in [6, 6.07) is 0. The quantitative estimate of drug-likeness (QED) is 0.727. The van der Waals surface area contributed by atoms with Crippen molar-refractivity contribution < 1.29 is 0 Å². The molecule has 13 heavy (non-hydrogen) atoms. The number of aromatic nitrogens is 2. The van der Waals surface area contributed by atoms with Crippen molar-refractivity contribution in [2.24, 2.45) is 0 Å². The first-order valence-electron chi connectivity index (χ1n) is 4.19. The molecule has 0 unspecified atom stereocenters. The summed E-state index contributed by atoms with van der Waals surface area (Å²) in [5, 5.41) is 0.610. The van der Waals surface area contributed by atoms with E-state index in [1.54, 1.807) is 11.8 Å². The van der Waals surface area contributed by atoms with Crippen LogP contribution in [0.4, 0.5) is 0 Å². The Balaban J connectivity index is 3.05. The summed E-state index contributed by atoms with van der Waals surface area (Å²) in [6.07, 6.45) is 2.92. The fourth-order valence-electron chi connectivity index (χ4n) is 1.21. The van der Waals surface area contributed by atoms with E-state index < -0.39 is 0 Å². The van der Waals surface area contributed by atoms with Gasteiger partial charge in [-0.05, 0) is 19.6 Å². The van der Waals surface area contributed by atoms with E-state index in [2.05, 4.69) is 16.9 Å². The Bertz CT molecular complexity index is 279. The smallest absolute Gasteiger partial charge is 0.140 e. The molecule has 0 saturated heterocycles. The largest absolute Gasteiger partial charge is 0.237 e. The highest BCUT2D eigenvalue weighted by atomic mass is 35.5. The minimum Gasteiger partial charge on any atom is -0.237 e. The number of hydrogen-bond acceptors (Lipinski definition) is 3. The molecule has 0 aliphatic rings.